The SMILES string of the molecule is CS(=O)(=O)OC[C@@H]1Cn2c(=O)ccc3ncc(=O)n1c32. The summed E-state index contributed by atoms with van der Waals surface area (Å²) in [6.07, 6.45) is 2.09. The molecule has 0 unspecified atom stereocenters. The molecule has 0 saturated heterocycles. The zero-order valence-electron chi connectivity index (χ0n) is 10.5. The summed E-state index contributed by atoms with van der Waals surface area (Å²) in [6, 6.07) is 2.35. The van der Waals surface area contributed by atoms with Crippen LogP contribution >= 0.6 is 0 Å². The highest BCUT2D eigenvalue weighted by molar-refractivity contribution is 7.85. The smallest absolute Gasteiger partial charge is 0.271 e. The summed E-state index contributed by atoms with van der Waals surface area (Å²) in [5.74, 6) is 0. The summed E-state index contributed by atoms with van der Waals surface area (Å²) in [4.78, 5) is 27.7. The number of rotatable bonds is 3. The van der Waals surface area contributed by atoms with Crippen molar-refractivity contribution in [1.82, 2.24) is 14.1 Å². The molecule has 3 rings (SSSR count). The van der Waals surface area contributed by atoms with Gasteiger partial charge in [0.1, 0.15) is 11.2 Å². The van der Waals surface area contributed by atoms with E-state index in [4.69, 9.17) is 4.18 Å². The molecule has 3 heterocycles. The summed E-state index contributed by atoms with van der Waals surface area (Å²) >= 11 is 0. The highest BCUT2D eigenvalue weighted by atomic mass is 32.2. The maximum atomic E-state index is 11.9. The van der Waals surface area contributed by atoms with Crippen LogP contribution in [0.4, 0.5) is 0 Å². The number of aromatic nitrogens is 3. The molecule has 0 radical (unpaired) electrons. The van der Waals surface area contributed by atoms with Crippen LogP contribution < -0.4 is 11.1 Å². The largest absolute Gasteiger partial charge is 0.291 e. The lowest BCUT2D eigenvalue weighted by atomic mass is 10.3. The second-order valence-electron chi connectivity index (χ2n) is 4.60. The molecule has 9 heteroatoms. The van der Waals surface area contributed by atoms with Crippen molar-refractivity contribution < 1.29 is 12.6 Å². The molecule has 1 atom stereocenters. The van der Waals surface area contributed by atoms with Crippen molar-refractivity contribution in [2.24, 2.45) is 0 Å². The molecule has 8 nitrogen and oxygen atoms in total. The first kappa shape index (κ1) is 13.0. The van der Waals surface area contributed by atoms with E-state index in [1.165, 1.54) is 21.3 Å². The molecule has 106 valence electrons. The van der Waals surface area contributed by atoms with Crippen LogP contribution in [0.5, 0.6) is 0 Å². The maximum absolute atomic E-state index is 11.9. The van der Waals surface area contributed by atoms with E-state index >= 15 is 0 Å². The van der Waals surface area contributed by atoms with Gasteiger partial charge in [-0.25, -0.2) is 4.98 Å². The fourth-order valence-electron chi connectivity index (χ4n) is 2.35. The van der Waals surface area contributed by atoms with E-state index in [1.807, 2.05) is 0 Å². The average molecular weight is 297 g/mol. The highest BCUT2D eigenvalue weighted by Gasteiger charge is 2.27. The number of hydrogen-bond donors (Lipinski definition) is 0. The Labute approximate surface area is 113 Å². The molecule has 20 heavy (non-hydrogen) atoms. The first-order valence-corrected chi connectivity index (χ1v) is 7.64. The summed E-state index contributed by atoms with van der Waals surface area (Å²) in [5.41, 5.74) is 0.245. The van der Waals surface area contributed by atoms with Crippen molar-refractivity contribution in [3.63, 3.8) is 0 Å². The Bertz CT molecular complexity index is 907. The minimum absolute atomic E-state index is 0.187. The van der Waals surface area contributed by atoms with Crippen molar-refractivity contribution in [2.45, 2.75) is 12.6 Å². The van der Waals surface area contributed by atoms with E-state index in [-0.39, 0.29) is 18.7 Å². The first-order chi connectivity index (χ1) is 9.37. The first-order valence-electron chi connectivity index (χ1n) is 5.82. The monoisotopic (exact) mass is 297 g/mol. The molecule has 0 bridgehead atoms. The van der Waals surface area contributed by atoms with Gasteiger partial charge in [-0.1, -0.05) is 0 Å². The molecule has 2 aromatic heterocycles. The predicted octanol–water partition coefficient (Wildman–Crippen LogP) is -0.911. The molecule has 0 saturated carbocycles. The minimum Gasteiger partial charge on any atom is -0.291 e. The third kappa shape index (κ3) is 2.04. The van der Waals surface area contributed by atoms with Gasteiger partial charge in [-0.3, -0.25) is 22.9 Å². The minimum atomic E-state index is -3.61. The Morgan fingerprint density at radius 3 is 2.80 bits per heavy atom. The van der Waals surface area contributed by atoms with Crippen LogP contribution in [-0.4, -0.2) is 35.4 Å². The van der Waals surface area contributed by atoms with Crippen LogP contribution in [0.15, 0.2) is 27.9 Å². The molecule has 0 aliphatic carbocycles. The van der Waals surface area contributed by atoms with Gasteiger partial charge < -0.3 is 0 Å². The molecule has 0 aromatic carbocycles. The molecular formula is C11H11N3O5S. The lowest BCUT2D eigenvalue weighted by Gasteiger charge is -2.11. The third-order valence-corrected chi connectivity index (χ3v) is 3.71. The molecule has 0 fully saturated rings. The quantitative estimate of drug-likeness (QED) is 0.680. The maximum Gasteiger partial charge on any atom is 0.271 e. The van der Waals surface area contributed by atoms with E-state index in [0.29, 0.717) is 11.2 Å². The Hall–Kier alpha value is -2.00. The van der Waals surface area contributed by atoms with Crippen LogP contribution in [0.1, 0.15) is 6.04 Å². The van der Waals surface area contributed by atoms with Crippen LogP contribution in [0.2, 0.25) is 0 Å². The van der Waals surface area contributed by atoms with Gasteiger partial charge in [0.25, 0.3) is 21.2 Å². The van der Waals surface area contributed by atoms with Crippen LogP contribution in [0.25, 0.3) is 11.2 Å². The van der Waals surface area contributed by atoms with Gasteiger partial charge >= 0.3 is 0 Å². The van der Waals surface area contributed by atoms with Gasteiger partial charge in [0.15, 0.2) is 0 Å². The van der Waals surface area contributed by atoms with Crippen molar-refractivity contribution in [3.8, 4) is 0 Å². The Balaban J connectivity index is 2.15. The number of hydrogen-bond acceptors (Lipinski definition) is 6. The lowest BCUT2D eigenvalue weighted by Crippen LogP contribution is -2.26. The van der Waals surface area contributed by atoms with Crippen LogP contribution in [0, 0.1) is 0 Å². The van der Waals surface area contributed by atoms with Gasteiger partial charge in [-0.05, 0) is 6.07 Å². The predicted molar refractivity (Wildman–Crippen MR) is 70.1 cm³/mol. The van der Waals surface area contributed by atoms with E-state index in [0.717, 1.165) is 12.5 Å². The fraction of sp³-hybridized carbons (Fsp3) is 0.364. The highest BCUT2D eigenvalue weighted by Crippen LogP contribution is 2.22. The molecule has 1 aliphatic rings. The topological polar surface area (TPSA) is 100 Å². The second kappa shape index (κ2) is 4.25. The molecule has 0 amide bonds. The zero-order valence-corrected chi connectivity index (χ0v) is 11.3. The lowest BCUT2D eigenvalue weighted by molar-refractivity contribution is 0.254. The van der Waals surface area contributed by atoms with Crippen molar-refractivity contribution in [1.29, 1.82) is 0 Å². The molecule has 0 spiro atoms. The molecule has 2 aromatic rings. The van der Waals surface area contributed by atoms with Gasteiger partial charge in [-0.2, -0.15) is 8.42 Å². The van der Waals surface area contributed by atoms with Crippen LogP contribution in [-0.2, 0) is 20.8 Å². The fourth-order valence-corrected chi connectivity index (χ4v) is 2.76. The second-order valence-corrected chi connectivity index (χ2v) is 6.24. The normalized spacial score (nSPS) is 17.8. The van der Waals surface area contributed by atoms with Gasteiger partial charge in [-0.15, -0.1) is 0 Å². The van der Waals surface area contributed by atoms with Crippen molar-refractivity contribution >= 4 is 21.3 Å². The van der Waals surface area contributed by atoms with Gasteiger partial charge in [0, 0.05) is 6.07 Å². The Morgan fingerprint density at radius 1 is 1.35 bits per heavy atom. The Morgan fingerprint density at radius 2 is 2.10 bits per heavy atom. The van der Waals surface area contributed by atoms with E-state index in [2.05, 4.69) is 4.98 Å². The molecular weight excluding hydrogens is 286 g/mol. The van der Waals surface area contributed by atoms with Crippen LogP contribution in [0.3, 0.4) is 0 Å². The van der Waals surface area contributed by atoms with E-state index in [9.17, 15) is 18.0 Å². The summed E-state index contributed by atoms with van der Waals surface area (Å²) in [5, 5.41) is 0. The van der Waals surface area contributed by atoms with Gasteiger partial charge in [0.05, 0.1) is 31.6 Å². The van der Waals surface area contributed by atoms with Crippen molar-refractivity contribution in [2.75, 3.05) is 12.9 Å². The summed E-state index contributed by atoms with van der Waals surface area (Å²) in [6.45, 7) is -0.00833. The number of nitrogens with zero attached hydrogens (tertiary/aromatic N) is 3. The van der Waals surface area contributed by atoms with E-state index < -0.39 is 21.7 Å². The average Bonchev–Trinajstić information content (AvgIpc) is 2.75. The zero-order chi connectivity index (χ0) is 14.5. The standard InChI is InChI=1S/C11H11N3O5S/c1-20(17,18)19-6-7-5-13-9(15)3-2-8-11(13)14(7)10(16)4-12-8/h2-4,7H,5-6H2,1H3/t7-/m0/s1. The van der Waals surface area contributed by atoms with E-state index in [1.54, 1.807) is 0 Å². The molecule has 1 aliphatic heterocycles. The summed E-state index contributed by atoms with van der Waals surface area (Å²) < 4.78 is 29.6. The summed E-state index contributed by atoms with van der Waals surface area (Å²) in [7, 11) is -3.61. The number of pyridine rings is 1. The third-order valence-electron chi connectivity index (χ3n) is 3.15. The van der Waals surface area contributed by atoms with Gasteiger partial charge in [0.2, 0.25) is 0 Å². The van der Waals surface area contributed by atoms with Crippen molar-refractivity contribution in [3.05, 3.63) is 39.0 Å². The molecule has 0 N–H and O–H groups in total. The Kier molecular flexibility index (Phi) is 2.76.